The first-order valence-electron chi connectivity index (χ1n) is 10.3. The van der Waals surface area contributed by atoms with Gasteiger partial charge in [-0.05, 0) is 50.2 Å². The minimum Gasteiger partial charge on any atom is -0.461 e. The Balaban J connectivity index is 1.56. The minimum atomic E-state index is -3.66. The Hall–Kier alpha value is -3.51. The van der Waals surface area contributed by atoms with Crippen LogP contribution in [0, 0.1) is 0 Å². The summed E-state index contributed by atoms with van der Waals surface area (Å²) in [4.78, 5) is 14.9. The molecule has 0 aliphatic carbocycles. The van der Waals surface area contributed by atoms with Gasteiger partial charge in [0.25, 0.3) is 5.78 Å². The molecule has 3 aromatic heterocycles. The van der Waals surface area contributed by atoms with Crippen LogP contribution in [0.4, 0.5) is 11.9 Å². The van der Waals surface area contributed by atoms with Crippen molar-refractivity contribution in [2.24, 2.45) is 0 Å². The molecule has 174 valence electrons. The molecule has 0 atom stereocenters. The molecule has 0 unspecified atom stereocenters. The van der Waals surface area contributed by atoms with E-state index in [1.165, 1.54) is 16.3 Å². The van der Waals surface area contributed by atoms with Crippen LogP contribution in [0.1, 0.15) is 11.1 Å². The molecular weight excluding hydrogens is 444 g/mol. The van der Waals surface area contributed by atoms with Crippen molar-refractivity contribution >= 4 is 27.7 Å². The molecule has 0 saturated heterocycles. The average molecular weight is 471 g/mol. The summed E-state index contributed by atoms with van der Waals surface area (Å²) in [6.07, 6.45) is 4.05. The lowest BCUT2D eigenvalue weighted by Crippen LogP contribution is -2.34. The fourth-order valence-corrected chi connectivity index (χ4v) is 4.09. The molecule has 4 aromatic rings. The summed E-state index contributed by atoms with van der Waals surface area (Å²) in [6, 6.07) is 11.6. The number of likely N-dealkylation sites (N-methyl/N-ethyl adjacent to an activating group) is 1. The first kappa shape index (κ1) is 22.7. The normalized spacial score (nSPS) is 12.0. The van der Waals surface area contributed by atoms with Crippen molar-refractivity contribution in [3.05, 3.63) is 53.8 Å². The number of fused-ring (bicyclic) bond motifs is 1. The smallest absolute Gasteiger partial charge is 0.259 e. The first-order chi connectivity index (χ1) is 15.7. The second-order valence-electron chi connectivity index (χ2n) is 7.96. The number of furan rings is 1. The Morgan fingerprint density at radius 1 is 1.00 bits per heavy atom. The third kappa shape index (κ3) is 5.29. The van der Waals surface area contributed by atoms with E-state index in [1.807, 2.05) is 26.2 Å². The standard InChI is InChI=1S/C21H26N8O3S/c1-27(2)12-10-15-6-8-16(9-7-15)11-13-28(33(3,30)31)20-24-19(22)29-21(25-20)23-18(26-29)17-5-4-14-32-17/h4-9,14H,10-13H2,1-3H3,(H2,22,23,24,25,26). The van der Waals surface area contributed by atoms with Crippen molar-refractivity contribution in [2.45, 2.75) is 12.8 Å². The van der Waals surface area contributed by atoms with Crippen LogP contribution in [-0.2, 0) is 22.9 Å². The highest BCUT2D eigenvalue weighted by Gasteiger charge is 2.23. The van der Waals surface area contributed by atoms with Gasteiger partial charge in [0.1, 0.15) is 0 Å². The second-order valence-corrected chi connectivity index (χ2v) is 9.87. The molecule has 1 aromatic carbocycles. The zero-order valence-corrected chi connectivity index (χ0v) is 19.5. The molecule has 0 bridgehead atoms. The topological polar surface area (TPSA) is 136 Å². The zero-order chi connectivity index (χ0) is 23.6. The Bertz CT molecular complexity index is 1330. The molecular formula is C21H26N8O3S. The highest BCUT2D eigenvalue weighted by atomic mass is 32.2. The lowest BCUT2D eigenvalue weighted by Gasteiger charge is -2.20. The van der Waals surface area contributed by atoms with E-state index in [2.05, 4.69) is 37.1 Å². The number of nitrogens with two attached hydrogens (primary N) is 1. The van der Waals surface area contributed by atoms with Crippen LogP contribution in [0.15, 0.2) is 47.1 Å². The Morgan fingerprint density at radius 2 is 1.67 bits per heavy atom. The number of nitrogen functional groups attached to an aromatic ring is 1. The monoisotopic (exact) mass is 470 g/mol. The Labute approximate surface area is 191 Å². The van der Waals surface area contributed by atoms with E-state index in [0.29, 0.717) is 12.2 Å². The fraction of sp³-hybridized carbons (Fsp3) is 0.333. The van der Waals surface area contributed by atoms with Crippen LogP contribution < -0.4 is 10.0 Å². The van der Waals surface area contributed by atoms with Crippen molar-refractivity contribution in [3.63, 3.8) is 0 Å². The number of aromatic nitrogens is 5. The summed E-state index contributed by atoms with van der Waals surface area (Å²) in [5, 5.41) is 4.24. The molecule has 0 amide bonds. The lowest BCUT2D eigenvalue weighted by atomic mass is 10.1. The van der Waals surface area contributed by atoms with Gasteiger partial charge in [0.05, 0.1) is 12.5 Å². The molecule has 11 nitrogen and oxygen atoms in total. The van der Waals surface area contributed by atoms with Gasteiger partial charge >= 0.3 is 0 Å². The molecule has 0 radical (unpaired) electrons. The van der Waals surface area contributed by atoms with E-state index >= 15 is 0 Å². The molecule has 0 spiro atoms. The first-order valence-corrected chi connectivity index (χ1v) is 12.2. The van der Waals surface area contributed by atoms with E-state index in [4.69, 9.17) is 10.2 Å². The maximum Gasteiger partial charge on any atom is 0.259 e. The highest BCUT2D eigenvalue weighted by Crippen LogP contribution is 2.20. The molecule has 4 rings (SSSR count). The molecule has 0 saturated carbocycles. The number of sulfonamides is 1. The summed E-state index contributed by atoms with van der Waals surface area (Å²) < 4.78 is 32.8. The third-order valence-corrected chi connectivity index (χ3v) is 6.21. The summed E-state index contributed by atoms with van der Waals surface area (Å²) >= 11 is 0. The van der Waals surface area contributed by atoms with Crippen LogP contribution >= 0.6 is 0 Å². The van der Waals surface area contributed by atoms with Gasteiger partial charge in [0.15, 0.2) is 5.76 Å². The molecule has 3 heterocycles. The quantitative estimate of drug-likeness (QED) is 0.386. The summed E-state index contributed by atoms with van der Waals surface area (Å²) in [7, 11) is 0.414. The van der Waals surface area contributed by atoms with Crippen molar-refractivity contribution in [3.8, 4) is 11.6 Å². The van der Waals surface area contributed by atoms with Gasteiger partial charge in [-0.25, -0.2) is 12.7 Å². The van der Waals surface area contributed by atoms with Crippen LogP contribution in [0.3, 0.4) is 0 Å². The van der Waals surface area contributed by atoms with Crippen LogP contribution in [0.5, 0.6) is 0 Å². The van der Waals surface area contributed by atoms with Crippen LogP contribution in [0.25, 0.3) is 17.4 Å². The largest absolute Gasteiger partial charge is 0.461 e. The molecule has 33 heavy (non-hydrogen) atoms. The van der Waals surface area contributed by atoms with Crippen molar-refractivity contribution in [1.29, 1.82) is 0 Å². The number of anilines is 2. The summed E-state index contributed by atoms with van der Waals surface area (Å²) in [5.74, 6) is 0.763. The van der Waals surface area contributed by atoms with Crippen LogP contribution in [-0.4, -0.2) is 71.3 Å². The van der Waals surface area contributed by atoms with E-state index in [-0.39, 0.29) is 30.0 Å². The predicted molar refractivity (Wildman–Crippen MR) is 125 cm³/mol. The van der Waals surface area contributed by atoms with Gasteiger partial charge in [-0.1, -0.05) is 24.3 Å². The maximum atomic E-state index is 12.5. The highest BCUT2D eigenvalue weighted by molar-refractivity contribution is 7.92. The Morgan fingerprint density at radius 3 is 2.24 bits per heavy atom. The van der Waals surface area contributed by atoms with Gasteiger partial charge in [0.2, 0.25) is 27.7 Å². The zero-order valence-electron chi connectivity index (χ0n) is 18.7. The second kappa shape index (κ2) is 9.16. The van der Waals surface area contributed by atoms with Gasteiger partial charge in [-0.3, -0.25) is 0 Å². The number of hydrogen-bond donors (Lipinski definition) is 1. The third-order valence-electron chi connectivity index (χ3n) is 5.06. The summed E-state index contributed by atoms with van der Waals surface area (Å²) in [6.45, 7) is 1.12. The van der Waals surface area contributed by atoms with Gasteiger partial charge < -0.3 is 15.1 Å². The van der Waals surface area contributed by atoms with Gasteiger partial charge in [-0.15, -0.1) is 5.10 Å². The van der Waals surface area contributed by atoms with Crippen molar-refractivity contribution in [1.82, 2.24) is 29.5 Å². The van der Waals surface area contributed by atoms with Gasteiger partial charge in [0, 0.05) is 13.1 Å². The molecule has 12 heteroatoms. The van der Waals surface area contributed by atoms with E-state index in [0.717, 1.165) is 29.1 Å². The lowest BCUT2D eigenvalue weighted by molar-refractivity contribution is 0.413. The number of rotatable bonds is 9. The van der Waals surface area contributed by atoms with E-state index in [1.54, 1.807) is 12.1 Å². The van der Waals surface area contributed by atoms with E-state index < -0.39 is 10.0 Å². The molecule has 0 aliphatic heterocycles. The average Bonchev–Trinajstić information content (AvgIpc) is 3.42. The fourth-order valence-electron chi connectivity index (χ4n) is 3.29. The minimum absolute atomic E-state index is 0.0285. The molecule has 0 aliphatic rings. The predicted octanol–water partition coefficient (Wildman–Crippen LogP) is 1.47. The number of hydrogen-bond acceptors (Lipinski definition) is 9. The van der Waals surface area contributed by atoms with Crippen LogP contribution in [0.2, 0.25) is 0 Å². The van der Waals surface area contributed by atoms with Crippen molar-refractivity contribution < 1.29 is 12.8 Å². The number of nitrogens with zero attached hydrogens (tertiary/aromatic N) is 7. The van der Waals surface area contributed by atoms with Crippen molar-refractivity contribution in [2.75, 3.05) is 43.5 Å². The maximum absolute atomic E-state index is 12.5. The Kier molecular flexibility index (Phi) is 6.29. The SMILES string of the molecule is CN(C)CCc1ccc(CCN(c2nc(N)n3nc(-c4ccco4)nc3n2)S(C)(=O)=O)cc1. The number of benzene rings is 1. The van der Waals surface area contributed by atoms with Gasteiger partial charge in [-0.2, -0.15) is 19.5 Å². The molecule has 0 fully saturated rings. The molecule has 2 N–H and O–H groups in total. The van der Waals surface area contributed by atoms with E-state index in [9.17, 15) is 8.42 Å². The summed E-state index contributed by atoms with van der Waals surface area (Å²) in [5.41, 5.74) is 8.27.